The summed E-state index contributed by atoms with van der Waals surface area (Å²) >= 11 is 0. The zero-order valence-electron chi connectivity index (χ0n) is 12.5. The van der Waals surface area contributed by atoms with Gasteiger partial charge in [-0.3, -0.25) is 0 Å². The molecule has 0 aliphatic carbocycles. The number of aliphatic hydroxyl groups excluding tert-OH is 1. The van der Waals surface area contributed by atoms with Crippen molar-refractivity contribution in [2.24, 2.45) is 0 Å². The van der Waals surface area contributed by atoms with E-state index in [1.165, 1.54) is 5.56 Å². The molecular weight excluding hydrogens is 262 g/mol. The Kier molecular flexibility index (Phi) is 6.25. The van der Waals surface area contributed by atoms with Crippen LogP contribution >= 0.6 is 0 Å². The van der Waals surface area contributed by atoms with E-state index in [4.69, 9.17) is 4.74 Å². The Morgan fingerprint density at radius 3 is 2.33 bits per heavy atom. The maximum atomic E-state index is 9.78. The molecule has 3 heteroatoms. The van der Waals surface area contributed by atoms with Crippen molar-refractivity contribution < 1.29 is 9.84 Å². The molecule has 3 nitrogen and oxygen atoms in total. The van der Waals surface area contributed by atoms with E-state index in [0.29, 0.717) is 13.2 Å². The molecule has 0 aliphatic heterocycles. The van der Waals surface area contributed by atoms with Crippen LogP contribution in [0, 0.1) is 0 Å². The van der Waals surface area contributed by atoms with Gasteiger partial charge >= 0.3 is 0 Å². The van der Waals surface area contributed by atoms with Gasteiger partial charge in [-0.25, -0.2) is 0 Å². The van der Waals surface area contributed by atoms with Gasteiger partial charge in [0, 0.05) is 6.54 Å². The van der Waals surface area contributed by atoms with Gasteiger partial charge in [0.25, 0.3) is 0 Å². The van der Waals surface area contributed by atoms with E-state index in [0.717, 1.165) is 24.3 Å². The lowest BCUT2D eigenvalue weighted by atomic mass is 10.1. The zero-order chi connectivity index (χ0) is 14.9. The van der Waals surface area contributed by atoms with Crippen molar-refractivity contribution in [3.8, 4) is 16.9 Å². The van der Waals surface area contributed by atoms with Crippen LogP contribution in [0.25, 0.3) is 11.1 Å². The van der Waals surface area contributed by atoms with Gasteiger partial charge in [-0.2, -0.15) is 0 Å². The first-order valence-electron chi connectivity index (χ1n) is 7.46. The minimum Gasteiger partial charge on any atom is -0.491 e. The van der Waals surface area contributed by atoms with Gasteiger partial charge < -0.3 is 15.2 Å². The smallest absolute Gasteiger partial charge is 0.119 e. The third-order valence-corrected chi connectivity index (χ3v) is 3.21. The lowest BCUT2D eigenvalue weighted by Gasteiger charge is -2.13. The summed E-state index contributed by atoms with van der Waals surface area (Å²) in [6.45, 7) is 3.89. The Morgan fingerprint density at radius 1 is 1.00 bits per heavy atom. The minimum absolute atomic E-state index is 0.307. The van der Waals surface area contributed by atoms with E-state index < -0.39 is 6.10 Å². The predicted molar refractivity (Wildman–Crippen MR) is 86.5 cm³/mol. The molecule has 2 aromatic carbocycles. The fourth-order valence-corrected chi connectivity index (χ4v) is 2.07. The highest BCUT2D eigenvalue weighted by molar-refractivity contribution is 5.63. The molecule has 0 amide bonds. The molecule has 0 radical (unpaired) electrons. The van der Waals surface area contributed by atoms with Crippen LogP contribution in [-0.2, 0) is 0 Å². The largest absolute Gasteiger partial charge is 0.491 e. The minimum atomic E-state index is -0.481. The number of ether oxygens (including phenoxy) is 1. The van der Waals surface area contributed by atoms with Crippen LogP contribution in [0.3, 0.4) is 0 Å². The van der Waals surface area contributed by atoms with E-state index >= 15 is 0 Å². The van der Waals surface area contributed by atoms with E-state index in [9.17, 15) is 5.11 Å². The summed E-state index contributed by atoms with van der Waals surface area (Å²) in [5, 5.41) is 13.0. The van der Waals surface area contributed by atoms with Crippen LogP contribution in [0.15, 0.2) is 54.6 Å². The van der Waals surface area contributed by atoms with Gasteiger partial charge in [0.05, 0.1) is 0 Å². The average Bonchev–Trinajstić information content (AvgIpc) is 2.54. The highest BCUT2D eigenvalue weighted by Crippen LogP contribution is 2.22. The second kappa shape index (κ2) is 8.45. The molecule has 2 N–H and O–H groups in total. The number of nitrogens with one attached hydrogen (secondary N) is 1. The van der Waals surface area contributed by atoms with E-state index in [1.54, 1.807) is 0 Å². The Morgan fingerprint density at radius 2 is 1.67 bits per heavy atom. The maximum Gasteiger partial charge on any atom is 0.119 e. The first-order valence-corrected chi connectivity index (χ1v) is 7.46. The Bertz CT molecular complexity index is 511. The molecular formula is C18H23NO2. The monoisotopic (exact) mass is 285 g/mol. The molecule has 0 saturated heterocycles. The molecule has 2 aromatic rings. The number of benzene rings is 2. The molecule has 0 heterocycles. The van der Waals surface area contributed by atoms with E-state index in [2.05, 4.69) is 24.4 Å². The molecule has 21 heavy (non-hydrogen) atoms. The highest BCUT2D eigenvalue weighted by Gasteiger charge is 2.04. The molecule has 112 valence electrons. The van der Waals surface area contributed by atoms with Gasteiger partial charge in [-0.05, 0) is 36.2 Å². The molecule has 0 fully saturated rings. The molecule has 2 rings (SSSR count). The summed E-state index contributed by atoms with van der Waals surface area (Å²) in [7, 11) is 0. The molecule has 1 unspecified atom stereocenters. The molecule has 0 aliphatic rings. The second-order valence-corrected chi connectivity index (χ2v) is 5.06. The van der Waals surface area contributed by atoms with Crippen LogP contribution in [0.2, 0.25) is 0 Å². The van der Waals surface area contributed by atoms with Gasteiger partial charge in [-0.1, -0.05) is 49.4 Å². The third kappa shape index (κ3) is 5.21. The average molecular weight is 285 g/mol. The van der Waals surface area contributed by atoms with E-state index in [1.807, 2.05) is 42.5 Å². The molecule has 0 aromatic heterocycles. The second-order valence-electron chi connectivity index (χ2n) is 5.06. The van der Waals surface area contributed by atoms with Gasteiger partial charge in [0.2, 0.25) is 0 Å². The zero-order valence-corrected chi connectivity index (χ0v) is 12.5. The SMILES string of the molecule is CCCNCC(O)COc1ccc(-c2ccccc2)cc1. The maximum absolute atomic E-state index is 9.78. The lowest BCUT2D eigenvalue weighted by Crippen LogP contribution is -2.31. The van der Waals surface area contributed by atoms with Crippen LogP contribution in [0.4, 0.5) is 0 Å². The van der Waals surface area contributed by atoms with Crippen molar-refractivity contribution in [3.05, 3.63) is 54.6 Å². The first-order chi connectivity index (χ1) is 10.3. The molecule has 0 spiro atoms. The van der Waals surface area contributed by atoms with Gasteiger partial charge in [-0.15, -0.1) is 0 Å². The highest BCUT2D eigenvalue weighted by atomic mass is 16.5. The Hall–Kier alpha value is -1.84. The van der Waals surface area contributed by atoms with Crippen LogP contribution in [-0.4, -0.2) is 30.9 Å². The summed E-state index contributed by atoms with van der Waals surface area (Å²) in [6, 6.07) is 18.2. The number of hydrogen-bond donors (Lipinski definition) is 2. The van der Waals surface area contributed by atoms with Crippen molar-refractivity contribution in [1.29, 1.82) is 0 Å². The number of rotatable bonds is 8. The van der Waals surface area contributed by atoms with Gasteiger partial charge in [0.1, 0.15) is 18.5 Å². The normalized spacial score (nSPS) is 12.1. The standard InChI is InChI=1S/C18H23NO2/c1-2-12-19-13-17(20)14-21-18-10-8-16(9-11-18)15-6-4-3-5-7-15/h3-11,17,19-20H,2,12-14H2,1H3. The van der Waals surface area contributed by atoms with E-state index in [-0.39, 0.29) is 0 Å². The predicted octanol–water partition coefficient (Wildman–Crippen LogP) is 3.09. The Labute approximate surface area is 126 Å². The summed E-state index contributed by atoms with van der Waals surface area (Å²) in [5.41, 5.74) is 2.35. The molecule has 0 saturated carbocycles. The summed E-state index contributed by atoms with van der Waals surface area (Å²) < 4.78 is 5.60. The van der Waals surface area contributed by atoms with Crippen LogP contribution in [0.5, 0.6) is 5.75 Å². The van der Waals surface area contributed by atoms with Crippen molar-refractivity contribution in [1.82, 2.24) is 5.32 Å². The van der Waals surface area contributed by atoms with Crippen LogP contribution < -0.4 is 10.1 Å². The fourth-order valence-electron chi connectivity index (χ4n) is 2.07. The summed E-state index contributed by atoms with van der Waals surface area (Å²) in [5.74, 6) is 0.782. The number of aliphatic hydroxyl groups is 1. The van der Waals surface area contributed by atoms with Crippen molar-refractivity contribution in [2.45, 2.75) is 19.4 Å². The molecule has 0 bridgehead atoms. The fraction of sp³-hybridized carbons (Fsp3) is 0.333. The summed E-state index contributed by atoms with van der Waals surface area (Å²) in [4.78, 5) is 0. The Balaban J connectivity index is 1.83. The third-order valence-electron chi connectivity index (χ3n) is 3.21. The van der Waals surface area contributed by atoms with Crippen molar-refractivity contribution in [2.75, 3.05) is 19.7 Å². The first kappa shape index (κ1) is 15.5. The quantitative estimate of drug-likeness (QED) is 0.732. The lowest BCUT2D eigenvalue weighted by molar-refractivity contribution is 0.106. The topological polar surface area (TPSA) is 41.5 Å². The number of hydrogen-bond acceptors (Lipinski definition) is 3. The summed E-state index contributed by atoms with van der Waals surface area (Å²) in [6.07, 6.45) is 0.583. The van der Waals surface area contributed by atoms with Crippen LogP contribution in [0.1, 0.15) is 13.3 Å². The van der Waals surface area contributed by atoms with Gasteiger partial charge in [0.15, 0.2) is 0 Å². The molecule has 1 atom stereocenters. The van der Waals surface area contributed by atoms with Crippen molar-refractivity contribution >= 4 is 0 Å². The van der Waals surface area contributed by atoms with Crippen molar-refractivity contribution in [3.63, 3.8) is 0 Å².